The van der Waals surface area contributed by atoms with Crippen LogP contribution in [-0.2, 0) is 0 Å². The number of halogens is 1. The van der Waals surface area contributed by atoms with Crippen LogP contribution in [0.5, 0.6) is 0 Å². The van der Waals surface area contributed by atoms with E-state index < -0.39 is 0 Å². The lowest BCUT2D eigenvalue weighted by Gasteiger charge is -2.13. The van der Waals surface area contributed by atoms with Gasteiger partial charge in [-0.05, 0) is 59.7 Å². The zero-order valence-corrected chi connectivity index (χ0v) is 23.8. The summed E-state index contributed by atoms with van der Waals surface area (Å²) in [5.41, 5.74) is 10.7. The fraction of sp³-hybridized carbons (Fsp3) is 0. The van der Waals surface area contributed by atoms with Crippen LogP contribution in [0, 0.1) is 0 Å². The second kappa shape index (κ2) is 9.65. The average Bonchev–Trinajstić information content (AvgIpc) is 3.56. The molecule has 194 valence electrons. The van der Waals surface area contributed by atoms with Crippen LogP contribution >= 0.6 is 15.9 Å². The first-order valence-corrected chi connectivity index (χ1v) is 14.6. The summed E-state index contributed by atoms with van der Waals surface area (Å²) < 4.78 is 5.96. The normalized spacial score (nSPS) is 11.5. The third-order valence-electron chi connectivity index (χ3n) is 7.96. The quantitative estimate of drug-likeness (QED) is 0.193. The SMILES string of the molecule is Brc1ccc2c(c1)c1ccc3c(c(-c4ccccc4)c(-c4ccccc4)n3-c3ccccc3)c1n2-c1ccccc1. The molecule has 2 heterocycles. The first kappa shape index (κ1) is 24.0. The van der Waals surface area contributed by atoms with Crippen molar-refractivity contribution < 1.29 is 0 Å². The second-order valence-electron chi connectivity index (χ2n) is 10.3. The van der Waals surface area contributed by atoms with Crippen LogP contribution in [0.15, 0.2) is 156 Å². The molecule has 0 saturated heterocycles. The number of rotatable bonds is 4. The molecule has 6 aromatic carbocycles. The van der Waals surface area contributed by atoms with Gasteiger partial charge in [0.1, 0.15) is 0 Å². The lowest BCUT2D eigenvalue weighted by atomic mass is 9.97. The van der Waals surface area contributed by atoms with Crippen molar-refractivity contribution in [1.82, 2.24) is 9.13 Å². The predicted octanol–water partition coefficient (Wildman–Crippen LogP) is 10.8. The van der Waals surface area contributed by atoms with E-state index in [0.717, 1.165) is 15.8 Å². The third-order valence-corrected chi connectivity index (χ3v) is 8.45. The summed E-state index contributed by atoms with van der Waals surface area (Å²) in [5, 5.41) is 3.71. The van der Waals surface area contributed by atoms with Crippen molar-refractivity contribution in [3.05, 3.63) is 156 Å². The minimum Gasteiger partial charge on any atom is -0.309 e. The van der Waals surface area contributed by atoms with E-state index in [2.05, 4.69) is 177 Å². The number of nitrogens with zero attached hydrogens (tertiary/aromatic N) is 2. The van der Waals surface area contributed by atoms with Crippen LogP contribution in [0.4, 0.5) is 0 Å². The van der Waals surface area contributed by atoms with E-state index in [1.165, 1.54) is 55.1 Å². The van der Waals surface area contributed by atoms with E-state index in [9.17, 15) is 0 Å². The summed E-state index contributed by atoms with van der Waals surface area (Å²) >= 11 is 3.75. The summed E-state index contributed by atoms with van der Waals surface area (Å²) in [5.74, 6) is 0. The monoisotopic (exact) mass is 588 g/mol. The van der Waals surface area contributed by atoms with Crippen LogP contribution in [0.1, 0.15) is 0 Å². The number of benzene rings is 6. The van der Waals surface area contributed by atoms with E-state index in [1.54, 1.807) is 0 Å². The van der Waals surface area contributed by atoms with Crippen LogP contribution in [0.3, 0.4) is 0 Å². The molecule has 0 bridgehead atoms. The number of hydrogen-bond acceptors (Lipinski definition) is 0. The molecular weight excluding hydrogens is 564 g/mol. The Hall–Kier alpha value is -4.86. The first-order valence-electron chi connectivity index (χ1n) is 13.8. The Balaban J connectivity index is 1.68. The van der Waals surface area contributed by atoms with Crippen LogP contribution in [-0.4, -0.2) is 9.13 Å². The molecule has 0 unspecified atom stereocenters. The average molecular weight is 590 g/mol. The highest BCUT2D eigenvalue weighted by molar-refractivity contribution is 9.10. The van der Waals surface area contributed by atoms with Crippen LogP contribution in [0.2, 0.25) is 0 Å². The molecule has 8 rings (SSSR count). The van der Waals surface area contributed by atoms with Crippen molar-refractivity contribution in [2.45, 2.75) is 0 Å². The molecule has 0 saturated carbocycles. The molecule has 2 nitrogen and oxygen atoms in total. The van der Waals surface area contributed by atoms with Gasteiger partial charge in [-0.15, -0.1) is 0 Å². The largest absolute Gasteiger partial charge is 0.309 e. The van der Waals surface area contributed by atoms with Gasteiger partial charge in [-0.3, -0.25) is 0 Å². The van der Waals surface area contributed by atoms with Gasteiger partial charge in [0.05, 0.1) is 22.2 Å². The molecule has 0 spiro atoms. The van der Waals surface area contributed by atoms with Crippen molar-refractivity contribution in [3.63, 3.8) is 0 Å². The molecule has 0 aliphatic rings. The molecule has 3 heteroatoms. The fourth-order valence-electron chi connectivity index (χ4n) is 6.30. The molecule has 0 radical (unpaired) electrons. The Morgan fingerprint density at radius 3 is 1.61 bits per heavy atom. The fourth-order valence-corrected chi connectivity index (χ4v) is 6.66. The van der Waals surface area contributed by atoms with E-state index in [-0.39, 0.29) is 0 Å². The zero-order valence-electron chi connectivity index (χ0n) is 22.2. The van der Waals surface area contributed by atoms with Gasteiger partial charge in [-0.2, -0.15) is 0 Å². The molecule has 0 amide bonds. The van der Waals surface area contributed by atoms with E-state index in [4.69, 9.17) is 0 Å². The Bertz CT molecular complexity index is 2180. The molecule has 2 aromatic heterocycles. The maximum absolute atomic E-state index is 3.75. The van der Waals surface area contributed by atoms with Gasteiger partial charge in [-0.25, -0.2) is 0 Å². The molecule has 0 N–H and O–H groups in total. The lowest BCUT2D eigenvalue weighted by molar-refractivity contribution is 1.13. The summed E-state index contributed by atoms with van der Waals surface area (Å²) in [6.45, 7) is 0. The molecule has 0 atom stereocenters. The minimum absolute atomic E-state index is 1.08. The standard InChI is InChI=1S/C38H25BrN2/c39-28-21-23-33-32(25-28)31-22-24-34-36(38(31)40(33)29-17-9-3-10-18-29)35(26-13-5-1-6-14-26)37(27-15-7-2-8-16-27)41(34)30-19-11-4-12-20-30/h1-25H. The summed E-state index contributed by atoms with van der Waals surface area (Å²) in [4.78, 5) is 0. The topological polar surface area (TPSA) is 9.86 Å². The second-order valence-corrected chi connectivity index (χ2v) is 11.2. The zero-order chi connectivity index (χ0) is 27.3. The van der Waals surface area contributed by atoms with Crippen molar-refractivity contribution >= 4 is 48.6 Å². The minimum atomic E-state index is 1.08. The highest BCUT2D eigenvalue weighted by Gasteiger charge is 2.26. The van der Waals surface area contributed by atoms with E-state index >= 15 is 0 Å². The molecule has 8 aromatic rings. The van der Waals surface area contributed by atoms with Gasteiger partial charge in [0.2, 0.25) is 0 Å². The van der Waals surface area contributed by atoms with Gasteiger partial charge in [-0.1, -0.05) is 119 Å². The summed E-state index contributed by atoms with van der Waals surface area (Å²) in [7, 11) is 0. The highest BCUT2D eigenvalue weighted by atomic mass is 79.9. The molecule has 41 heavy (non-hydrogen) atoms. The molecule has 0 fully saturated rings. The van der Waals surface area contributed by atoms with Crippen LogP contribution in [0.25, 0.3) is 66.5 Å². The Labute approximate surface area is 246 Å². The maximum atomic E-state index is 3.75. The van der Waals surface area contributed by atoms with Gasteiger partial charge < -0.3 is 9.13 Å². The maximum Gasteiger partial charge on any atom is 0.0641 e. The van der Waals surface area contributed by atoms with Crippen molar-refractivity contribution in [2.75, 3.05) is 0 Å². The van der Waals surface area contributed by atoms with Crippen LogP contribution < -0.4 is 0 Å². The summed E-state index contributed by atoms with van der Waals surface area (Å²) in [6.07, 6.45) is 0. The summed E-state index contributed by atoms with van der Waals surface area (Å²) in [6, 6.07) is 54.3. The molecule has 0 aliphatic carbocycles. The number of fused-ring (bicyclic) bond motifs is 5. The predicted molar refractivity (Wildman–Crippen MR) is 176 cm³/mol. The Morgan fingerprint density at radius 2 is 0.976 bits per heavy atom. The Kier molecular flexibility index (Phi) is 5.65. The number of para-hydroxylation sites is 2. The van der Waals surface area contributed by atoms with Crippen molar-refractivity contribution in [3.8, 4) is 33.8 Å². The van der Waals surface area contributed by atoms with Crippen molar-refractivity contribution in [2.24, 2.45) is 0 Å². The smallest absolute Gasteiger partial charge is 0.0641 e. The lowest BCUT2D eigenvalue weighted by Crippen LogP contribution is -1.97. The van der Waals surface area contributed by atoms with Gasteiger partial charge in [0.15, 0.2) is 0 Å². The number of aromatic nitrogens is 2. The van der Waals surface area contributed by atoms with Crippen molar-refractivity contribution in [1.29, 1.82) is 0 Å². The van der Waals surface area contributed by atoms with Gasteiger partial charge in [0, 0.05) is 37.6 Å². The van der Waals surface area contributed by atoms with Gasteiger partial charge >= 0.3 is 0 Å². The third kappa shape index (κ3) is 3.77. The van der Waals surface area contributed by atoms with E-state index in [1.807, 2.05) is 0 Å². The van der Waals surface area contributed by atoms with E-state index in [0.29, 0.717) is 0 Å². The van der Waals surface area contributed by atoms with Gasteiger partial charge in [0.25, 0.3) is 0 Å². The molecule has 0 aliphatic heterocycles. The number of hydrogen-bond donors (Lipinski definition) is 0. The highest BCUT2D eigenvalue weighted by Crippen LogP contribution is 2.47. The molecular formula is C38H25BrN2. The Morgan fingerprint density at radius 1 is 0.439 bits per heavy atom. The first-order chi connectivity index (χ1) is 20.3.